The SMILES string of the molecule is CC(C)(O)c1cc2cc([C@@H](O)C[C@H]3c4ccccc4-c4cncn43)c(F)cc2o1. The maximum absolute atomic E-state index is 14.8. The zero-order valence-corrected chi connectivity index (χ0v) is 16.1. The van der Waals surface area contributed by atoms with Crippen molar-refractivity contribution in [2.24, 2.45) is 0 Å². The normalized spacial score (nSPS) is 16.8. The van der Waals surface area contributed by atoms with Gasteiger partial charge in [0.2, 0.25) is 0 Å². The van der Waals surface area contributed by atoms with E-state index in [2.05, 4.69) is 4.98 Å². The van der Waals surface area contributed by atoms with Crippen molar-refractivity contribution in [3.05, 3.63) is 77.7 Å². The molecule has 5 nitrogen and oxygen atoms in total. The van der Waals surface area contributed by atoms with Gasteiger partial charge in [0.1, 0.15) is 22.8 Å². The lowest BCUT2D eigenvalue weighted by Gasteiger charge is -2.19. The predicted molar refractivity (Wildman–Crippen MR) is 107 cm³/mol. The van der Waals surface area contributed by atoms with Gasteiger partial charge in [0.15, 0.2) is 0 Å². The van der Waals surface area contributed by atoms with Crippen molar-refractivity contribution in [2.75, 3.05) is 0 Å². The molecule has 0 saturated carbocycles. The number of nitrogens with zero attached hydrogens (tertiary/aromatic N) is 2. The summed E-state index contributed by atoms with van der Waals surface area (Å²) in [5.74, 6) is -0.176. The number of furan rings is 1. The molecule has 0 bridgehead atoms. The van der Waals surface area contributed by atoms with Crippen molar-refractivity contribution >= 4 is 11.0 Å². The van der Waals surface area contributed by atoms with Crippen LogP contribution in [0.15, 0.2) is 59.4 Å². The Morgan fingerprint density at radius 3 is 2.83 bits per heavy atom. The van der Waals surface area contributed by atoms with Gasteiger partial charge >= 0.3 is 0 Å². The number of aliphatic hydroxyl groups excluding tert-OH is 1. The van der Waals surface area contributed by atoms with Crippen molar-refractivity contribution in [1.82, 2.24) is 9.55 Å². The average Bonchev–Trinajstić information content (AvgIpc) is 3.36. The Morgan fingerprint density at radius 2 is 2.03 bits per heavy atom. The lowest BCUT2D eigenvalue weighted by Crippen LogP contribution is -2.13. The molecule has 1 aliphatic rings. The highest BCUT2D eigenvalue weighted by Crippen LogP contribution is 2.43. The molecule has 0 fully saturated rings. The van der Waals surface area contributed by atoms with Crippen LogP contribution in [0.25, 0.3) is 22.2 Å². The van der Waals surface area contributed by atoms with Gasteiger partial charge < -0.3 is 19.2 Å². The molecule has 5 rings (SSSR count). The smallest absolute Gasteiger partial charge is 0.137 e. The lowest BCUT2D eigenvalue weighted by atomic mass is 9.95. The second kappa shape index (κ2) is 6.27. The fourth-order valence-electron chi connectivity index (χ4n) is 4.15. The maximum atomic E-state index is 14.8. The van der Waals surface area contributed by atoms with Gasteiger partial charge in [-0.2, -0.15) is 0 Å². The molecule has 2 atom stereocenters. The summed E-state index contributed by atoms with van der Waals surface area (Å²) < 4.78 is 22.4. The first-order chi connectivity index (χ1) is 13.8. The highest BCUT2D eigenvalue weighted by Gasteiger charge is 2.31. The van der Waals surface area contributed by atoms with Gasteiger partial charge in [-0.25, -0.2) is 9.37 Å². The van der Waals surface area contributed by atoms with Gasteiger partial charge in [-0.1, -0.05) is 24.3 Å². The molecule has 1 aliphatic heterocycles. The van der Waals surface area contributed by atoms with E-state index in [-0.39, 0.29) is 11.6 Å². The second-order valence-corrected chi connectivity index (χ2v) is 8.12. The van der Waals surface area contributed by atoms with Crippen molar-refractivity contribution in [1.29, 1.82) is 0 Å². The van der Waals surface area contributed by atoms with E-state index in [9.17, 15) is 14.6 Å². The fraction of sp³-hybridized carbons (Fsp3) is 0.261. The molecule has 148 valence electrons. The average molecular weight is 392 g/mol. The maximum Gasteiger partial charge on any atom is 0.137 e. The number of aromatic nitrogens is 2. The summed E-state index contributed by atoms with van der Waals surface area (Å²) in [6.07, 6.45) is 2.87. The van der Waals surface area contributed by atoms with E-state index in [1.807, 2.05) is 35.0 Å². The quantitative estimate of drug-likeness (QED) is 0.529. The molecule has 0 amide bonds. The lowest BCUT2D eigenvalue weighted by molar-refractivity contribution is 0.0559. The third-order valence-electron chi connectivity index (χ3n) is 5.64. The number of rotatable bonds is 4. The first-order valence-corrected chi connectivity index (χ1v) is 9.58. The van der Waals surface area contributed by atoms with Crippen LogP contribution in [-0.2, 0) is 5.60 Å². The van der Waals surface area contributed by atoms with Crippen LogP contribution in [0.3, 0.4) is 0 Å². The van der Waals surface area contributed by atoms with E-state index in [4.69, 9.17) is 4.42 Å². The standard InChI is InChI=1S/C23H21FN2O3/c1-23(2,28)22-8-13-7-16(17(24)9-21(13)29-22)20(27)10-18-14-5-3-4-6-15(14)19-11-25-12-26(18)19/h3-9,11-12,18,20,27-28H,10H2,1-2H3/t18-,20-/m0/s1. The minimum absolute atomic E-state index is 0.120. The molecule has 2 aromatic carbocycles. The predicted octanol–water partition coefficient (Wildman–Crippen LogP) is 4.69. The summed E-state index contributed by atoms with van der Waals surface area (Å²) in [5, 5.41) is 21.7. The molecule has 4 aromatic rings. The number of aliphatic hydroxyl groups is 2. The molecule has 2 N–H and O–H groups in total. The summed E-state index contributed by atoms with van der Waals surface area (Å²) in [6, 6.07) is 12.4. The molecule has 0 saturated heterocycles. The van der Waals surface area contributed by atoms with Crippen LogP contribution in [0.2, 0.25) is 0 Å². The summed E-state index contributed by atoms with van der Waals surface area (Å²) >= 11 is 0. The van der Waals surface area contributed by atoms with Crippen molar-refractivity contribution in [3.63, 3.8) is 0 Å². The number of hydrogen-bond acceptors (Lipinski definition) is 4. The van der Waals surface area contributed by atoms with Crippen LogP contribution in [0.1, 0.15) is 49.3 Å². The van der Waals surface area contributed by atoms with E-state index >= 15 is 0 Å². The minimum atomic E-state index is -1.17. The van der Waals surface area contributed by atoms with Crippen LogP contribution in [0.4, 0.5) is 4.39 Å². The number of benzene rings is 2. The summed E-state index contributed by atoms with van der Waals surface area (Å²) in [7, 11) is 0. The fourth-order valence-corrected chi connectivity index (χ4v) is 4.15. The van der Waals surface area contributed by atoms with Crippen LogP contribution in [-0.4, -0.2) is 19.8 Å². The Kier molecular flexibility index (Phi) is 3.91. The van der Waals surface area contributed by atoms with Gasteiger partial charge in [-0.15, -0.1) is 0 Å². The molecule has 0 aliphatic carbocycles. The van der Waals surface area contributed by atoms with E-state index in [1.54, 1.807) is 32.3 Å². The highest BCUT2D eigenvalue weighted by molar-refractivity contribution is 5.79. The molecule has 6 heteroatoms. The van der Waals surface area contributed by atoms with E-state index in [0.717, 1.165) is 16.8 Å². The van der Waals surface area contributed by atoms with Crippen molar-refractivity contribution in [2.45, 2.75) is 38.0 Å². The van der Waals surface area contributed by atoms with E-state index < -0.39 is 17.5 Å². The highest BCUT2D eigenvalue weighted by atomic mass is 19.1. The number of imidazole rings is 1. The van der Waals surface area contributed by atoms with Crippen LogP contribution in [0, 0.1) is 5.82 Å². The Balaban J connectivity index is 1.51. The van der Waals surface area contributed by atoms with Gasteiger partial charge in [-0.3, -0.25) is 0 Å². The Bertz CT molecular complexity index is 1220. The molecular formula is C23H21FN2O3. The van der Waals surface area contributed by atoms with Gasteiger partial charge in [0, 0.05) is 29.0 Å². The summed E-state index contributed by atoms with van der Waals surface area (Å²) in [5.41, 5.74) is 2.57. The molecule has 29 heavy (non-hydrogen) atoms. The summed E-state index contributed by atoms with van der Waals surface area (Å²) in [4.78, 5) is 4.23. The van der Waals surface area contributed by atoms with E-state index in [1.165, 1.54) is 6.07 Å². The van der Waals surface area contributed by atoms with Crippen molar-refractivity contribution < 1.29 is 19.0 Å². The zero-order valence-electron chi connectivity index (χ0n) is 16.1. The Hall–Kier alpha value is -2.96. The molecular weight excluding hydrogens is 371 g/mol. The van der Waals surface area contributed by atoms with Gasteiger partial charge in [0.25, 0.3) is 0 Å². The van der Waals surface area contributed by atoms with Crippen molar-refractivity contribution in [3.8, 4) is 11.3 Å². The second-order valence-electron chi connectivity index (χ2n) is 8.12. The number of halogens is 1. The largest absolute Gasteiger partial charge is 0.458 e. The molecule has 2 aromatic heterocycles. The van der Waals surface area contributed by atoms with E-state index in [0.29, 0.717) is 23.2 Å². The first-order valence-electron chi connectivity index (χ1n) is 9.58. The summed E-state index contributed by atoms with van der Waals surface area (Å²) in [6.45, 7) is 3.22. The Labute approximate surface area is 167 Å². The van der Waals surface area contributed by atoms with Gasteiger partial charge in [0.05, 0.1) is 30.4 Å². The topological polar surface area (TPSA) is 71.4 Å². The third-order valence-corrected chi connectivity index (χ3v) is 5.64. The van der Waals surface area contributed by atoms with Gasteiger partial charge in [-0.05, 0) is 31.5 Å². The van der Waals surface area contributed by atoms with Crippen LogP contribution in [0.5, 0.6) is 0 Å². The van der Waals surface area contributed by atoms with Crippen LogP contribution >= 0.6 is 0 Å². The monoisotopic (exact) mass is 392 g/mol. The molecule has 0 radical (unpaired) electrons. The number of fused-ring (bicyclic) bond motifs is 4. The van der Waals surface area contributed by atoms with Crippen LogP contribution < -0.4 is 0 Å². The third kappa shape index (κ3) is 2.87. The molecule has 3 heterocycles. The zero-order chi connectivity index (χ0) is 20.3. The Morgan fingerprint density at radius 1 is 1.24 bits per heavy atom. The number of hydrogen-bond donors (Lipinski definition) is 2. The first kappa shape index (κ1) is 18.1. The minimum Gasteiger partial charge on any atom is -0.458 e. The molecule has 0 unspecified atom stereocenters. The molecule has 0 spiro atoms.